The van der Waals surface area contributed by atoms with E-state index in [1.165, 1.54) is 6.07 Å². The number of halogens is 3. The predicted molar refractivity (Wildman–Crippen MR) is 53.0 cm³/mol. The Morgan fingerprint density at radius 1 is 1.25 bits per heavy atom. The molecule has 2 rings (SSSR count). The molecule has 1 aliphatic heterocycles. The number of hydrogen-bond acceptors (Lipinski definition) is 3. The van der Waals surface area contributed by atoms with Gasteiger partial charge >= 0.3 is 6.18 Å². The molecule has 2 unspecified atom stereocenters. The second kappa shape index (κ2) is 4.04. The fourth-order valence-electron chi connectivity index (χ4n) is 1.73. The van der Waals surface area contributed by atoms with Gasteiger partial charge in [-0.3, -0.25) is 0 Å². The van der Waals surface area contributed by atoms with Gasteiger partial charge in [0.25, 0.3) is 0 Å². The Hall–Kier alpha value is -1.11. The first-order chi connectivity index (χ1) is 7.47. The van der Waals surface area contributed by atoms with E-state index in [-0.39, 0.29) is 12.2 Å². The topological polar surface area (TPSA) is 50.1 Å². The Balaban J connectivity index is 2.23. The van der Waals surface area contributed by atoms with Crippen LogP contribution >= 0.6 is 0 Å². The first-order valence-electron chi connectivity index (χ1n) is 4.90. The van der Waals surface area contributed by atoms with Crippen molar-refractivity contribution in [3.63, 3.8) is 0 Å². The molecular formula is C10H12F3N3. The van der Waals surface area contributed by atoms with E-state index in [1.807, 2.05) is 0 Å². The van der Waals surface area contributed by atoms with E-state index in [0.717, 1.165) is 12.1 Å². The number of benzene rings is 1. The molecule has 6 heteroatoms. The lowest BCUT2D eigenvalue weighted by Gasteiger charge is -2.12. The number of hydrogen-bond donors (Lipinski definition) is 3. The first kappa shape index (κ1) is 11.4. The van der Waals surface area contributed by atoms with Gasteiger partial charge < -0.3 is 5.73 Å². The zero-order valence-electron chi connectivity index (χ0n) is 8.38. The molecule has 1 aliphatic rings. The minimum atomic E-state index is -4.30. The fraction of sp³-hybridized carbons (Fsp3) is 0.400. The van der Waals surface area contributed by atoms with Crippen molar-refractivity contribution in [1.82, 2.24) is 10.9 Å². The molecule has 0 aromatic heterocycles. The summed E-state index contributed by atoms with van der Waals surface area (Å²) < 4.78 is 37.4. The Kier molecular flexibility index (Phi) is 2.88. The highest BCUT2D eigenvalue weighted by atomic mass is 19.4. The lowest BCUT2D eigenvalue weighted by atomic mass is 10.0. The first-order valence-corrected chi connectivity index (χ1v) is 4.90. The molecule has 16 heavy (non-hydrogen) atoms. The van der Waals surface area contributed by atoms with Gasteiger partial charge in [-0.05, 0) is 24.1 Å². The smallest absolute Gasteiger partial charge is 0.315 e. The maximum absolute atomic E-state index is 12.5. The van der Waals surface area contributed by atoms with Crippen LogP contribution in [-0.4, -0.2) is 6.17 Å². The summed E-state index contributed by atoms with van der Waals surface area (Å²) in [6.07, 6.45) is -3.95. The summed E-state index contributed by atoms with van der Waals surface area (Å²) in [5.41, 5.74) is 11.2. The van der Waals surface area contributed by atoms with Crippen LogP contribution in [-0.2, 0) is 6.18 Å². The molecule has 1 fully saturated rings. The zero-order chi connectivity index (χ0) is 11.8. The number of alkyl halides is 3. The van der Waals surface area contributed by atoms with Crippen LogP contribution in [0.3, 0.4) is 0 Å². The summed E-state index contributed by atoms with van der Waals surface area (Å²) in [5, 5.41) is 0. The van der Waals surface area contributed by atoms with Crippen LogP contribution in [0.2, 0.25) is 0 Å². The SMILES string of the molecule is NC1CC(c2cccc(C(F)(F)F)c2)NN1. The van der Waals surface area contributed by atoms with Crippen LogP contribution in [0.5, 0.6) is 0 Å². The molecule has 88 valence electrons. The number of hydrazine groups is 1. The monoisotopic (exact) mass is 231 g/mol. The van der Waals surface area contributed by atoms with Gasteiger partial charge in [0.2, 0.25) is 0 Å². The molecule has 0 radical (unpaired) electrons. The average molecular weight is 231 g/mol. The predicted octanol–water partition coefficient (Wildman–Crippen LogP) is 1.53. The molecule has 2 atom stereocenters. The maximum Gasteiger partial charge on any atom is 0.416 e. The third kappa shape index (κ3) is 2.34. The molecule has 1 heterocycles. The van der Waals surface area contributed by atoms with Gasteiger partial charge in [0, 0.05) is 6.04 Å². The van der Waals surface area contributed by atoms with Crippen molar-refractivity contribution in [3.05, 3.63) is 35.4 Å². The summed E-state index contributed by atoms with van der Waals surface area (Å²) in [5.74, 6) is 0. The summed E-state index contributed by atoms with van der Waals surface area (Å²) >= 11 is 0. The van der Waals surface area contributed by atoms with Gasteiger partial charge in [0.05, 0.1) is 11.7 Å². The Morgan fingerprint density at radius 2 is 2.00 bits per heavy atom. The quantitative estimate of drug-likeness (QED) is 0.687. The number of rotatable bonds is 1. The normalized spacial score (nSPS) is 26.0. The highest BCUT2D eigenvalue weighted by molar-refractivity contribution is 5.28. The van der Waals surface area contributed by atoms with E-state index >= 15 is 0 Å². The van der Waals surface area contributed by atoms with Crippen molar-refractivity contribution in [2.24, 2.45) is 5.73 Å². The van der Waals surface area contributed by atoms with E-state index in [0.29, 0.717) is 12.0 Å². The summed E-state index contributed by atoms with van der Waals surface area (Å²) in [6.45, 7) is 0. The highest BCUT2D eigenvalue weighted by Gasteiger charge is 2.31. The van der Waals surface area contributed by atoms with Gasteiger partial charge in [-0.15, -0.1) is 0 Å². The van der Waals surface area contributed by atoms with Crippen LogP contribution in [0.4, 0.5) is 13.2 Å². The molecule has 0 bridgehead atoms. The second-order valence-corrected chi connectivity index (χ2v) is 3.81. The molecule has 0 aliphatic carbocycles. The van der Waals surface area contributed by atoms with E-state index in [2.05, 4.69) is 10.9 Å². The van der Waals surface area contributed by atoms with Gasteiger partial charge in [0.1, 0.15) is 0 Å². The Morgan fingerprint density at radius 3 is 2.56 bits per heavy atom. The Bertz CT molecular complexity index is 378. The van der Waals surface area contributed by atoms with E-state index in [1.54, 1.807) is 6.07 Å². The van der Waals surface area contributed by atoms with Crippen LogP contribution in [0.15, 0.2) is 24.3 Å². The molecule has 3 nitrogen and oxygen atoms in total. The van der Waals surface area contributed by atoms with E-state index in [4.69, 9.17) is 5.73 Å². The molecule has 1 saturated heterocycles. The lowest BCUT2D eigenvalue weighted by Crippen LogP contribution is -2.36. The molecule has 0 spiro atoms. The summed E-state index contributed by atoms with van der Waals surface area (Å²) in [4.78, 5) is 0. The highest BCUT2D eigenvalue weighted by Crippen LogP contribution is 2.31. The van der Waals surface area contributed by atoms with Crippen LogP contribution in [0.25, 0.3) is 0 Å². The molecule has 1 aromatic carbocycles. The minimum Gasteiger partial charge on any atom is -0.315 e. The van der Waals surface area contributed by atoms with Gasteiger partial charge in [0.15, 0.2) is 0 Å². The lowest BCUT2D eigenvalue weighted by molar-refractivity contribution is -0.137. The third-order valence-electron chi connectivity index (χ3n) is 2.55. The van der Waals surface area contributed by atoms with Crippen molar-refractivity contribution >= 4 is 0 Å². The molecule has 0 amide bonds. The van der Waals surface area contributed by atoms with Gasteiger partial charge in [-0.1, -0.05) is 12.1 Å². The number of nitrogens with two attached hydrogens (primary N) is 1. The fourth-order valence-corrected chi connectivity index (χ4v) is 1.73. The van der Waals surface area contributed by atoms with E-state index < -0.39 is 11.7 Å². The molecule has 4 N–H and O–H groups in total. The van der Waals surface area contributed by atoms with Crippen molar-refractivity contribution in [3.8, 4) is 0 Å². The van der Waals surface area contributed by atoms with Crippen LogP contribution in [0, 0.1) is 0 Å². The summed E-state index contributed by atoms with van der Waals surface area (Å²) in [7, 11) is 0. The van der Waals surface area contributed by atoms with Crippen molar-refractivity contribution in [1.29, 1.82) is 0 Å². The van der Waals surface area contributed by atoms with Crippen molar-refractivity contribution < 1.29 is 13.2 Å². The number of nitrogens with one attached hydrogen (secondary N) is 2. The zero-order valence-corrected chi connectivity index (χ0v) is 8.38. The standard InChI is InChI=1S/C10H12F3N3/c11-10(12,13)7-3-1-2-6(4-7)8-5-9(14)16-15-8/h1-4,8-9,15-16H,5,14H2. The van der Waals surface area contributed by atoms with Crippen LogP contribution < -0.4 is 16.6 Å². The van der Waals surface area contributed by atoms with Gasteiger partial charge in [-0.2, -0.15) is 13.2 Å². The van der Waals surface area contributed by atoms with E-state index in [9.17, 15) is 13.2 Å². The van der Waals surface area contributed by atoms with Crippen molar-refractivity contribution in [2.75, 3.05) is 0 Å². The van der Waals surface area contributed by atoms with Gasteiger partial charge in [-0.25, -0.2) is 10.9 Å². The molecule has 0 saturated carbocycles. The Labute approximate surface area is 90.8 Å². The average Bonchev–Trinajstić information content (AvgIpc) is 2.64. The maximum atomic E-state index is 12.5. The molecule has 1 aromatic rings. The summed E-state index contributed by atoms with van der Waals surface area (Å²) in [6, 6.07) is 5.11. The van der Waals surface area contributed by atoms with Crippen LogP contribution in [0.1, 0.15) is 23.6 Å². The third-order valence-corrected chi connectivity index (χ3v) is 2.55. The largest absolute Gasteiger partial charge is 0.416 e. The van der Waals surface area contributed by atoms with Crippen molar-refractivity contribution in [2.45, 2.75) is 24.8 Å². The minimum absolute atomic E-state index is 0.169. The second-order valence-electron chi connectivity index (χ2n) is 3.81. The molecular weight excluding hydrogens is 219 g/mol.